The molecule has 1 heterocycles. The Morgan fingerprint density at radius 2 is 2.19 bits per heavy atom. The van der Waals surface area contributed by atoms with Crippen LogP contribution in [0.15, 0.2) is 0 Å². The minimum atomic E-state index is -0.0546. The van der Waals surface area contributed by atoms with Crippen molar-refractivity contribution < 1.29 is 9.53 Å². The van der Waals surface area contributed by atoms with Crippen molar-refractivity contribution in [3.8, 4) is 0 Å². The summed E-state index contributed by atoms with van der Waals surface area (Å²) in [6, 6.07) is 0.325. The van der Waals surface area contributed by atoms with E-state index in [1.807, 2.05) is 0 Å². The van der Waals surface area contributed by atoms with Crippen molar-refractivity contribution in [2.24, 2.45) is 0 Å². The summed E-state index contributed by atoms with van der Waals surface area (Å²) in [6.07, 6.45) is 4.83. The Labute approximate surface area is 96.3 Å². The van der Waals surface area contributed by atoms with Crippen LogP contribution in [0.5, 0.6) is 0 Å². The highest BCUT2D eigenvalue weighted by Crippen LogP contribution is 2.17. The minimum absolute atomic E-state index is 0.0546. The summed E-state index contributed by atoms with van der Waals surface area (Å²) in [7, 11) is 0. The Balaban J connectivity index is 1.59. The second kappa shape index (κ2) is 6.06. The third-order valence-corrected chi connectivity index (χ3v) is 3.19. The molecule has 1 atom stereocenters. The third-order valence-electron chi connectivity index (χ3n) is 3.19. The normalized spacial score (nSPS) is 26.6. The monoisotopic (exact) mass is 227 g/mol. The van der Waals surface area contributed by atoms with Gasteiger partial charge in [-0.15, -0.1) is 0 Å². The number of hydrogen-bond acceptors (Lipinski definition) is 3. The number of hydrogen-bond donors (Lipinski definition) is 3. The van der Waals surface area contributed by atoms with E-state index in [1.165, 1.54) is 12.8 Å². The van der Waals surface area contributed by atoms with Crippen molar-refractivity contribution in [1.29, 1.82) is 0 Å². The first-order valence-electron chi connectivity index (χ1n) is 6.21. The molecule has 5 heteroatoms. The molecule has 0 aromatic rings. The first-order valence-corrected chi connectivity index (χ1v) is 6.21. The molecule has 1 aliphatic carbocycles. The molecule has 0 aromatic carbocycles. The lowest BCUT2D eigenvalue weighted by Crippen LogP contribution is -2.48. The molecular formula is C11H21N3O2. The van der Waals surface area contributed by atoms with Gasteiger partial charge >= 0.3 is 6.03 Å². The number of nitrogens with one attached hydrogen (secondary N) is 3. The van der Waals surface area contributed by atoms with E-state index in [1.54, 1.807) is 0 Å². The average molecular weight is 227 g/mol. The van der Waals surface area contributed by atoms with Crippen molar-refractivity contribution in [3.05, 3.63) is 0 Å². The maximum absolute atomic E-state index is 11.5. The number of urea groups is 1. The summed E-state index contributed by atoms with van der Waals surface area (Å²) in [4.78, 5) is 11.5. The largest absolute Gasteiger partial charge is 0.374 e. The molecular weight excluding hydrogens is 206 g/mol. The first-order chi connectivity index (χ1) is 7.84. The van der Waals surface area contributed by atoms with Crippen LogP contribution in [0.2, 0.25) is 0 Å². The van der Waals surface area contributed by atoms with Gasteiger partial charge in [0.25, 0.3) is 0 Å². The summed E-state index contributed by atoms with van der Waals surface area (Å²) in [5.41, 5.74) is 0. The van der Waals surface area contributed by atoms with Crippen LogP contribution in [0, 0.1) is 0 Å². The van der Waals surface area contributed by atoms with Gasteiger partial charge in [-0.2, -0.15) is 0 Å². The number of morpholine rings is 1. The molecule has 1 saturated heterocycles. The maximum Gasteiger partial charge on any atom is 0.315 e. The zero-order chi connectivity index (χ0) is 11.2. The Morgan fingerprint density at radius 1 is 1.38 bits per heavy atom. The molecule has 2 fully saturated rings. The van der Waals surface area contributed by atoms with Gasteiger partial charge in [-0.3, -0.25) is 0 Å². The summed E-state index contributed by atoms with van der Waals surface area (Å²) in [5.74, 6) is 0. The predicted molar refractivity (Wildman–Crippen MR) is 61.4 cm³/mol. The van der Waals surface area contributed by atoms with Gasteiger partial charge in [-0.05, 0) is 12.8 Å². The summed E-state index contributed by atoms with van der Waals surface area (Å²) in [6.45, 7) is 3.05. The molecule has 5 nitrogen and oxygen atoms in total. The van der Waals surface area contributed by atoms with E-state index in [9.17, 15) is 4.79 Å². The number of rotatable bonds is 3. The van der Waals surface area contributed by atoms with Crippen LogP contribution >= 0.6 is 0 Å². The van der Waals surface area contributed by atoms with Crippen LogP contribution in [0.3, 0.4) is 0 Å². The van der Waals surface area contributed by atoms with E-state index < -0.39 is 0 Å². The highest BCUT2D eigenvalue weighted by Gasteiger charge is 2.18. The van der Waals surface area contributed by atoms with Gasteiger partial charge in [-0.1, -0.05) is 12.8 Å². The van der Waals surface area contributed by atoms with Gasteiger partial charge < -0.3 is 20.7 Å². The van der Waals surface area contributed by atoms with E-state index in [0.29, 0.717) is 12.6 Å². The van der Waals surface area contributed by atoms with E-state index in [-0.39, 0.29) is 12.1 Å². The number of amides is 2. The predicted octanol–water partition coefficient (Wildman–Crippen LogP) is 0.217. The smallest absolute Gasteiger partial charge is 0.315 e. The minimum Gasteiger partial charge on any atom is -0.374 e. The van der Waals surface area contributed by atoms with E-state index in [4.69, 9.17) is 4.74 Å². The summed E-state index contributed by atoms with van der Waals surface area (Å²) < 4.78 is 5.49. The Kier molecular flexibility index (Phi) is 4.42. The fourth-order valence-corrected chi connectivity index (χ4v) is 2.26. The van der Waals surface area contributed by atoms with Crippen LogP contribution in [-0.2, 0) is 4.74 Å². The van der Waals surface area contributed by atoms with Crippen molar-refractivity contribution in [2.45, 2.75) is 37.8 Å². The van der Waals surface area contributed by atoms with E-state index in [0.717, 1.165) is 32.5 Å². The lowest BCUT2D eigenvalue weighted by Gasteiger charge is -2.24. The van der Waals surface area contributed by atoms with Gasteiger partial charge in [0.1, 0.15) is 0 Å². The van der Waals surface area contributed by atoms with Crippen molar-refractivity contribution in [2.75, 3.05) is 26.2 Å². The molecule has 2 rings (SSSR count). The highest BCUT2D eigenvalue weighted by molar-refractivity contribution is 5.74. The molecule has 0 spiro atoms. The van der Waals surface area contributed by atoms with Crippen LogP contribution < -0.4 is 16.0 Å². The molecule has 3 N–H and O–H groups in total. The molecule has 1 saturated carbocycles. The van der Waals surface area contributed by atoms with E-state index >= 15 is 0 Å². The Morgan fingerprint density at radius 3 is 2.88 bits per heavy atom. The average Bonchev–Trinajstić information content (AvgIpc) is 2.81. The van der Waals surface area contributed by atoms with Gasteiger partial charge in [-0.25, -0.2) is 4.79 Å². The summed E-state index contributed by atoms with van der Waals surface area (Å²) >= 11 is 0. The van der Waals surface area contributed by atoms with Crippen molar-refractivity contribution in [1.82, 2.24) is 16.0 Å². The zero-order valence-electron chi connectivity index (χ0n) is 9.63. The van der Waals surface area contributed by atoms with Crippen LogP contribution in [-0.4, -0.2) is 44.4 Å². The Bertz CT molecular complexity index is 223. The molecule has 16 heavy (non-hydrogen) atoms. The third kappa shape index (κ3) is 3.64. The number of carbonyl (C=O) groups excluding carboxylic acids is 1. The fourth-order valence-electron chi connectivity index (χ4n) is 2.26. The molecule has 92 valence electrons. The molecule has 0 radical (unpaired) electrons. The quantitative estimate of drug-likeness (QED) is 0.646. The molecule has 0 bridgehead atoms. The van der Waals surface area contributed by atoms with Gasteiger partial charge in [0.2, 0.25) is 0 Å². The Hall–Kier alpha value is -0.810. The molecule has 1 unspecified atom stereocenters. The second-order valence-electron chi connectivity index (χ2n) is 4.53. The van der Waals surface area contributed by atoms with Gasteiger partial charge in [0.15, 0.2) is 0 Å². The topological polar surface area (TPSA) is 62.4 Å². The fraction of sp³-hybridized carbons (Fsp3) is 0.909. The molecule has 1 aliphatic heterocycles. The second-order valence-corrected chi connectivity index (χ2v) is 4.53. The van der Waals surface area contributed by atoms with Gasteiger partial charge in [0.05, 0.1) is 12.7 Å². The van der Waals surface area contributed by atoms with E-state index in [2.05, 4.69) is 16.0 Å². The standard InChI is InChI=1S/C11H21N3O2/c15-11(14-9-3-1-2-4-9)13-8-10-7-12-5-6-16-10/h9-10,12H,1-8H2,(H2,13,14,15). The molecule has 2 amide bonds. The van der Waals surface area contributed by atoms with Crippen molar-refractivity contribution >= 4 is 6.03 Å². The van der Waals surface area contributed by atoms with Crippen LogP contribution in [0.25, 0.3) is 0 Å². The lowest BCUT2D eigenvalue weighted by atomic mass is 10.2. The highest BCUT2D eigenvalue weighted by atomic mass is 16.5. The maximum atomic E-state index is 11.5. The zero-order valence-corrected chi connectivity index (χ0v) is 9.63. The van der Waals surface area contributed by atoms with Crippen LogP contribution in [0.1, 0.15) is 25.7 Å². The van der Waals surface area contributed by atoms with Crippen LogP contribution in [0.4, 0.5) is 4.79 Å². The lowest BCUT2D eigenvalue weighted by molar-refractivity contribution is 0.0307. The van der Waals surface area contributed by atoms with Gasteiger partial charge in [0, 0.05) is 25.7 Å². The molecule has 2 aliphatic rings. The number of carbonyl (C=O) groups is 1. The van der Waals surface area contributed by atoms with Crippen molar-refractivity contribution in [3.63, 3.8) is 0 Å². The molecule has 0 aromatic heterocycles. The SMILES string of the molecule is O=C(NCC1CNCCO1)NC1CCCC1. The number of ether oxygens (including phenoxy) is 1. The first kappa shape index (κ1) is 11.7. The summed E-state index contributed by atoms with van der Waals surface area (Å²) in [5, 5.41) is 9.09.